The number of aromatic amines is 1. The van der Waals surface area contributed by atoms with E-state index < -0.39 is 0 Å². The maximum Gasteiger partial charge on any atom is 0.276 e. The van der Waals surface area contributed by atoms with Gasteiger partial charge in [0.15, 0.2) is 5.82 Å². The van der Waals surface area contributed by atoms with E-state index in [0.717, 1.165) is 26.1 Å². The molecule has 2 atom stereocenters. The van der Waals surface area contributed by atoms with E-state index >= 15 is 0 Å². The molecule has 0 radical (unpaired) electrons. The Morgan fingerprint density at radius 1 is 1.68 bits per heavy atom. The van der Waals surface area contributed by atoms with E-state index in [2.05, 4.69) is 34.0 Å². The second-order valence-electron chi connectivity index (χ2n) is 5.16. The Labute approximate surface area is 113 Å². The van der Waals surface area contributed by atoms with E-state index in [-0.39, 0.29) is 11.2 Å². The summed E-state index contributed by atoms with van der Waals surface area (Å²) in [6.07, 6.45) is 3.73. The summed E-state index contributed by atoms with van der Waals surface area (Å²) in [4.78, 5) is 20.4. The zero-order chi connectivity index (χ0) is 13.8. The third-order valence-corrected chi connectivity index (χ3v) is 3.86. The van der Waals surface area contributed by atoms with Crippen molar-refractivity contribution in [2.45, 2.75) is 32.7 Å². The number of rotatable bonds is 4. The molecular weight excluding hydrogens is 242 g/mol. The molecule has 19 heavy (non-hydrogen) atoms. The van der Waals surface area contributed by atoms with Crippen LogP contribution in [0.5, 0.6) is 0 Å². The van der Waals surface area contributed by atoms with Crippen LogP contribution in [0.15, 0.2) is 11.1 Å². The van der Waals surface area contributed by atoms with Crippen molar-refractivity contribution < 1.29 is 0 Å². The molecule has 0 amide bonds. The van der Waals surface area contributed by atoms with E-state index in [1.807, 2.05) is 0 Å². The molecule has 1 saturated heterocycles. The van der Waals surface area contributed by atoms with Crippen LogP contribution in [0.4, 0.5) is 11.5 Å². The maximum absolute atomic E-state index is 11.5. The van der Waals surface area contributed by atoms with Crippen LogP contribution in [-0.4, -0.2) is 35.6 Å². The quantitative estimate of drug-likeness (QED) is 0.741. The molecule has 0 bridgehead atoms. The average molecular weight is 265 g/mol. The monoisotopic (exact) mass is 265 g/mol. The number of piperidine rings is 1. The number of nitrogen functional groups attached to an aromatic ring is 1. The third-order valence-electron chi connectivity index (χ3n) is 3.86. The number of hydrogen-bond donors (Lipinski definition) is 3. The van der Waals surface area contributed by atoms with Crippen molar-refractivity contribution in [1.82, 2.24) is 15.3 Å². The first-order valence-electron chi connectivity index (χ1n) is 6.95. The van der Waals surface area contributed by atoms with Gasteiger partial charge in [0, 0.05) is 19.1 Å². The van der Waals surface area contributed by atoms with Gasteiger partial charge >= 0.3 is 0 Å². The lowest BCUT2D eigenvalue weighted by Crippen LogP contribution is -2.45. The molecular formula is C13H23N5O. The molecule has 6 heteroatoms. The van der Waals surface area contributed by atoms with Crippen molar-refractivity contribution in [3.05, 3.63) is 16.7 Å². The molecule has 2 unspecified atom stereocenters. The fraction of sp³-hybridized carbons (Fsp3) is 0.692. The number of nitrogens with two attached hydrogens (primary N) is 1. The molecule has 2 heterocycles. The van der Waals surface area contributed by atoms with Crippen LogP contribution in [0.25, 0.3) is 0 Å². The molecule has 4 N–H and O–H groups in total. The largest absolute Gasteiger partial charge is 0.391 e. The third kappa shape index (κ3) is 3.07. The number of nitrogens with one attached hydrogen (secondary N) is 2. The molecule has 0 aromatic carbocycles. The Kier molecular flexibility index (Phi) is 4.42. The highest BCUT2D eigenvalue weighted by Crippen LogP contribution is 2.25. The highest BCUT2D eigenvalue weighted by molar-refractivity contribution is 5.61. The molecule has 6 nitrogen and oxygen atoms in total. The summed E-state index contributed by atoms with van der Waals surface area (Å²) in [7, 11) is 0. The zero-order valence-electron chi connectivity index (χ0n) is 11.6. The first-order chi connectivity index (χ1) is 9.13. The second-order valence-corrected chi connectivity index (χ2v) is 5.16. The first kappa shape index (κ1) is 13.9. The predicted molar refractivity (Wildman–Crippen MR) is 77.3 cm³/mol. The molecule has 1 aliphatic rings. The molecule has 106 valence electrons. The van der Waals surface area contributed by atoms with Gasteiger partial charge in [0.2, 0.25) is 0 Å². The van der Waals surface area contributed by atoms with Gasteiger partial charge in [-0.1, -0.05) is 6.92 Å². The Hall–Kier alpha value is -1.56. The van der Waals surface area contributed by atoms with Crippen molar-refractivity contribution in [3.8, 4) is 0 Å². The van der Waals surface area contributed by atoms with Gasteiger partial charge in [0.05, 0.1) is 6.33 Å². The predicted octanol–water partition coefficient (Wildman–Crippen LogP) is 0.567. The van der Waals surface area contributed by atoms with Gasteiger partial charge in [-0.3, -0.25) is 4.79 Å². The molecule has 0 saturated carbocycles. The minimum atomic E-state index is -0.258. The number of hydrogen-bond acceptors (Lipinski definition) is 5. The normalized spacial score (nSPS) is 21.4. The van der Waals surface area contributed by atoms with Gasteiger partial charge < -0.3 is 20.9 Å². The zero-order valence-corrected chi connectivity index (χ0v) is 11.6. The summed E-state index contributed by atoms with van der Waals surface area (Å²) in [6.45, 7) is 7.12. The lowest BCUT2D eigenvalue weighted by atomic mass is 9.91. The standard InChI is InChI=1S/C13H23N5O/c1-3-15-9(2)10-5-4-6-18(7-10)12-11(14)13(19)17-8-16-12/h8-10,15H,3-7,14H2,1-2H3,(H,16,17,19). The Balaban J connectivity index is 2.13. The summed E-state index contributed by atoms with van der Waals surface area (Å²) < 4.78 is 0. The van der Waals surface area contributed by atoms with Crippen LogP contribution in [0, 0.1) is 5.92 Å². The van der Waals surface area contributed by atoms with Crippen molar-refractivity contribution in [2.75, 3.05) is 30.3 Å². The number of nitrogens with zero attached hydrogens (tertiary/aromatic N) is 2. The highest BCUT2D eigenvalue weighted by Gasteiger charge is 2.26. The van der Waals surface area contributed by atoms with Gasteiger partial charge in [0.25, 0.3) is 5.56 Å². The minimum Gasteiger partial charge on any atom is -0.391 e. The maximum atomic E-state index is 11.5. The molecule has 2 rings (SSSR count). The van der Waals surface area contributed by atoms with E-state index in [1.165, 1.54) is 12.7 Å². The van der Waals surface area contributed by atoms with E-state index in [4.69, 9.17) is 5.73 Å². The average Bonchev–Trinajstić information content (AvgIpc) is 2.42. The summed E-state index contributed by atoms with van der Waals surface area (Å²) >= 11 is 0. The Morgan fingerprint density at radius 3 is 3.21 bits per heavy atom. The first-order valence-corrected chi connectivity index (χ1v) is 6.95. The van der Waals surface area contributed by atoms with Crippen molar-refractivity contribution in [1.29, 1.82) is 0 Å². The molecule has 1 aromatic rings. The molecule has 0 spiro atoms. The van der Waals surface area contributed by atoms with Crippen LogP contribution in [-0.2, 0) is 0 Å². The van der Waals surface area contributed by atoms with Gasteiger partial charge in [-0.15, -0.1) is 0 Å². The van der Waals surface area contributed by atoms with Crippen LogP contribution in [0.2, 0.25) is 0 Å². The second kappa shape index (κ2) is 6.06. The van der Waals surface area contributed by atoms with Gasteiger partial charge in [-0.2, -0.15) is 0 Å². The van der Waals surface area contributed by atoms with Crippen LogP contribution < -0.4 is 21.5 Å². The summed E-state index contributed by atoms with van der Waals surface area (Å²) in [5.74, 6) is 1.19. The smallest absolute Gasteiger partial charge is 0.276 e. The SMILES string of the molecule is CCNC(C)C1CCCN(c2nc[nH]c(=O)c2N)C1. The van der Waals surface area contributed by atoms with Gasteiger partial charge in [0.1, 0.15) is 5.69 Å². The Morgan fingerprint density at radius 2 is 2.47 bits per heavy atom. The van der Waals surface area contributed by atoms with Crippen molar-refractivity contribution >= 4 is 11.5 Å². The van der Waals surface area contributed by atoms with Crippen molar-refractivity contribution in [2.24, 2.45) is 5.92 Å². The Bertz CT molecular complexity index is 472. The molecule has 1 fully saturated rings. The highest BCUT2D eigenvalue weighted by atomic mass is 16.1. The number of anilines is 2. The van der Waals surface area contributed by atoms with Crippen LogP contribution in [0.3, 0.4) is 0 Å². The summed E-state index contributed by atoms with van der Waals surface area (Å²) in [5, 5.41) is 3.47. The fourth-order valence-corrected chi connectivity index (χ4v) is 2.75. The minimum absolute atomic E-state index is 0.222. The lowest BCUT2D eigenvalue weighted by molar-refractivity contribution is 0.323. The summed E-state index contributed by atoms with van der Waals surface area (Å²) in [5.41, 5.74) is 5.79. The van der Waals surface area contributed by atoms with E-state index in [0.29, 0.717) is 17.8 Å². The van der Waals surface area contributed by atoms with Crippen LogP contribution >= 0.6 is 0 Å². The van der Waals surface area contributed by atoms with E-state index in [9.17, 15) is 4.79 Å². The number of H-pyrrole nitrogens is 1. The van der Waals surface area contributed by atoms with Gasteiger partial charge in [-0.25, -0.2) is 4.98 Å². The number of aromatic nitrogens is 2. The van der Waals surface area contributed by atoms with E-state index in [1.54, 1.807) is 0 Å². The van der Waals surface area contributed by atoms with Crippen molar-refractivity contribution in [3.63, 3.8) is 0 Å². The molecule has 0 aliphatic carbocycles. The summed E-state index contributed by atoms with van der Waals surface area (Å²) in [6, 6.07) is 0.469. The van der Waals surface area contributed by atoms with Crippen LogP contribution in [0.1, 0.15) is 26.7 Å². The molecule has 1 aromatic heterocycles. The topological polar surface area (TPSA) is 87.0 Å². The van der Waals surface area contributed by atoms with Gasteiger partial charge in [-0.05, 0) is 32.2 Å². The fourth-order valence-electron chi connectivity index (χ4n) is 2.75. The lowest BCUT2D eigenvalue weighted by Gasteiger charge is -2.36. The molecule has 1 aliphatic heterocycles.